The third-order valence-electron chi connectivity index (χ3n) is 8.86. The van der Waals surface area contributed by atoms with E-state index >= 15 is 0 Å². The molecule has 9 nitrogen and oxygen atoms in total. The zero-order valence-corrected chi connectivity index (χ0v) is 22.2. The summed E-state index contributed by atoms with van der Waals surface area (Å²) in [7, 11) is 1.35. The second-order valence-electron chi connectivity index (χ2n) is 11.5. The zero-order chi connectivity index (χ0) is 27.5. The van der Waals surface area contributed by atoms with E-state index in [1.165, 1.54) is 19.6 Å². The number of rotatable bonds is 10. The highest BCUT2D eigenvalue weighted by Crippen LogP contribution is 2.40. The predicted molar refractivity (Wildman–Crippen MR) is 137 cm³/mol. The molecule has 1 aromatic rings. The van der Waals surface area contributed by atoms with Crippen molar-refractivity contribution in [1.29, 1.82) is 0 Å². The third-order valence-corrected chi connectivity index (χ3v) is 8.86. The Morgan fingerprint density at radius 2 is 1.76 bits per heavy atom. The van der Waals surface area contributed by atoms with Gasteiger partial charge in [-0.15, -0.1) is 0 Å². The number of amides is 2. The van der Waals surface area contributed by atoms with E-state index in [-0.39, 0.29) is 53.2 Å². The van der Waals surface area contributed by atoms with Crippen molar-refractivity contribution in [2.45, 2.75) is 83.3 Å². The fourth-order valence-electron chi connectivity index (χ4n) is 5.93. The molecule has 2 unspecified atom stereocenters. The number of carbonyl (C=O) groups excluding carboxylic acids is 2. The van der Waals surface area contributed by atoms with Crippen molar-refractivity contribution in [3.8, 4) is 11.5 Å². The molecule has 3 aliphatic carbocycles. The standard InChI is InChI=1S/C28H39FN2O7/c1-27(9-4-10-27)15-30-24(33)18-5-3-6-21(18)31-25(34)19-13-23(20(29)14-22(19)37-2)38-17-7-11-28(16-32,12-8-17)26(35)36/h13-14,17-18,21,32H,3-12,15-16H2,1-2H3,(H,30,33)(H,31,34)(H,35,36). The molecule has 0 bridgehead atoms. The average molecular weight is 535 g/mol. The summed E-state index contributed by atoms with van der Waals surface area (Å²) in [6.45, 7) is 2.35. The molecule has 210 valence electrons. The van der Waals surface area contributed by atoms with Gasteiger partial charge in [0, 0.05) is 18.7 Å². The third kappa shape index (κ3) is 5.90. The van der Waals surface area contributed by atoms with E-state index < -0.39 is 35.8 Å². The van der Waals surface area contributed by atoms with Crippen LogP contribution in [0.2, 0.25) is 0 Å². The number of aliphatic hydroxyl groups excluding tert-OH is 1. The lowest BCUT2D eigenvalue weighted by Gasteiger charge is -2.38. The SMILES string of the molecule is COc1cc(F)c(OC2CCC(CO)(C(=O)O)CC2)cc1C(=O)NC1CCCC1C(=O)NCC1(C)CCC1. The highest BCUT2D eigenvalue weighted by atomic mass is 19.1. The monoisotopic (exact) mass is 534 g/mol. The number of benzene rings is 1. The summed E-state index contributed by atoms with van der Waals surface area (Å²) in [4.78, 5) is 37.8. The summed E-state index contributed by atoms with van der Waals surface area (Å²) in [5.41, 5.74) is -0.942. The molecule has 0 saturated heterocycles. The number of nitrogens with one attached hydrogen (secondary N) is 2. The Hall–Kier alpha value is -2.88. The van der Waals surface area contributed by atoms with Crippen molar-refractivity contribution in [2.75, 3.05) is 20.3 Å². The number of hydrogen-bond acceptors (Lipinski definition) is 6. The molecule has 0 radical (unpaired) electrons. The van der Waals surface area contributed by atoms with Crippen LogP contribution in [0.4, 0.5) is 4.39 Å². The number of methoxy groups -OCH3 is 1. The van der Waals surface area contributed by atoms with Gasteiger partial charge in [-0.1, -0.05) is 19.8 Å². The lowest BCUT2D eigenvalue weighted by molar-refractivity contribution is -0.155. The van der Waals surface area contributed by atoms with E-state index in [9.17, 15) is 29.0 Å². The number of carboxylic acids is 1. The van der Waals surface area contributed by atoms with Gasteiger partial charge in [0.25, 0.3) is 5.91 Å². The molecule has 4 N–H and O–H groups in total. The van der Waals surface area contributed by atoms with Crippen LogP contribution < -0.4 is 20.1 Å². The second-order valence-corrected chi connectivity index (χ2v) is 11.5. The second kappa shape index (κ2) is 11.5. The van der Waals surface area contributed by atoms with Crippen LogP contribution in [-0.4, -0.2) is 60.4 Å². The highest BCUT2D eigenvalue weighted by molar-refractivity contribution is 5.98. The molecule has 0 heterocycles. The molecule has 10 heteroatoms. The summed E-state index contributed by atoms with van der Waals surface area (Å²) < 4.78 is 26.0. The van der Waals surface area contributed by atoms with Gasteiger partial charge in [-0.25, -0.2) is 4.39 Å². The maximum absolute atomic E-state index is 14.8. The number of hydrogen-bond donors (Lipinski definition) is 4. The first-order valence-electron chi connectivity index (χ1n) is 13.6. The molecular weight excluding hydrogens is 495 g/mol. The number of aliphatic hydroxyl groups is 1. The number of aliphatic carboxylic acids is 1. The summed E-state index contributed by atoms with van der Waals surface area (Å²) in [6.07, 6.45) is 6.21. The van der Waals surface area contributed by atoms with Crippen molar-refractivity contribution in [1.82, 2.24) is 10.6 Å². The first-order chi connectivity index (χ1) is 18.1. The van der Waals surface area contributed by atoms with Crippen molar-refractivity contribution in [3.63, 3.8) is 0 Å². The molecule has 3 fully saturated rings. The topological polar surface area (TPSA) is 134 Å². The molecule has 0 aliphatic heterocycles. The summed E-state index contributed by atoms with van der Waals surface area (Å²) in [5, 5.41) is 25.1. The molecule has 2 amide bonds. The fourth-order valence-corrected chi connectivity index (χ4v) is 5.93. The van der Waals surface area contributed by atoms with E-state index in [1.54, 1.807) is 0 Å². The zero-order valence-electron chi connectivity index (χ0n) is 22.2. The Balaban J connectivity index is 1.41. The van der Waals surface area contributed by atoms with Gasteiger partial charge in [-0.3, -0.25) is 14.4 Å². The largest absolute Gasteiger partial charge is 0.496 e. The maximum Gasteiger partial charge on any atom is 0.311 e. The number of carboxylic acid groups (broad SMARTS) is 1. The summed E-state index contributed by atoms with van der Waals surface area (Å²) in [6, 6.07) is 2.06. The van der Waals surface area contributed by atoms with Gasteiger partial charge in [0.05, 0.1) is 36.7 Å². The van der Waals surface area contributed by atoms with Gasteiger partial charge in [-0.05, 0) is 62.8 Å². The van der Waals surface area contributed by atoms with Crippen LogP contribution in [0, 0.1) is 22.6 Å². The highest BCUT2D eigenvalue weighted by Gasteiger charge is 2.42. The van der Waals surface area contributed by atoms with Crippen LogP contribution in [0.25, 0.3) is 0 Å². The molecule has 1 aromatic carbocycles. The number of halogens is 1. The Kier molecular flexibility index (Phi) is 8.49. The molecule has 3 saturated carbocycles. The van der Waals surface area contributed by atoms with Gasteiger partial charge in [-0.2, -0.15) is 0 Å². The Morgan fingerprint density at radius 3 is 2.34 bits per heavy atom. The Morgan fingerprint density at radius 1 is 1.05 bits per heavy atom. The molecule has 3 aliphatic rings. The smallest absolute Gasteiger partial charge is 0.311 e. The van der Waals surface area contributed by atoms with Gasteiger partial charge in [0.15, 0.2) is 11.6 Å². The molecule has 0 aromatic heterocycles. The van der Waals surface area contributed by atoms with E-state index in [0.29, 0.717) is 32.2 Å². The van der Waals surface area contributed by atoms with Crippen LogP contribution in [0.15, 0.2) is 12.1 Å². The van der Waals surface area contributed by atoms with Crippen molar-refractivity contribution >= 4 is 17.8 Å². The van der Waals surface area contributed by atoms with E-state index in [4.69, 9.17) is 9.47 Å². The average Bonchev–Trinajstić information content (AvgIpc) is 3.35. The van der Waals surface area contributed by atoms with Gasteiger partial charge < -0.3 is 30.3 Å². The molecule has 0 spiro atoms. The quantitative estimate of drug-likeness (QED) is 0.361. The van der Waals surface area contributed by atoms with Crippen LogP contribution in [0.1, 0.15) is 81.5 Å². The predicted octanol–water partition coefficient (Wildman–Crippen LogP) is 3.42. The normalized spacial score (nSPS) is 28.2. The maximum atomic E-state index is 14.8. The van der Waals surface area contributed by atoms with Crippen LogP contribution in [0.5, 0.6) is 11.5 Å². The van der Waals surface area contributed by atoms with Gasteiger partial charge in [0.2, 0.25) is 5.91 Å². The molecule has 38 heavy (non-hydrogen) atoms. The van der Waals surface area contributed by atoms with E-state index in [1.807, 2.05) is 0 Å². The first-order valence-corrected chi connectivity index (χ1v) is 13.6. The Bertz CT molecular complexity index is 1050. The van der Waals surface area contributed by atoms with Crippen LogP contribution in [0.3, 0.4) is 0 Å². The molecule has 2 atom stereocenters. The Labute approximate surface area is 222 Å². The first kappa shape index (κ1) is 28.1. The molecule has 4 rings (SSSR count). The van der Waals surface area contributed by atoms with Gasteiger partial charge >= 0.3 is 5.97 Å². The lowest BCUT2D eigenvalue weighted by Crippen LogP contribution is -2.47. The minimum absolute atomic E-state index is 0.0476. The minimum Gasteiger partial charge on any atom is -0.496 e. The van der Waals surface area contributed by atoms with Crippen LogP contribution >= 0.6 is 0 Å². The summed E-state index contributed by atoms with van der Waals surface area (Å²) >= 11 is 0. The summed E-state index contributed by atoms with van der Waals surface area (Å²) in [5.74, 6) is -2.67. The van der Waals surface area contributed by atoms with Crippen LogP contribution in [-0.2, 0) is 9.59 Å². The van der Waals surface area contributed by atoms with Crippen molar-refractivity contribution < 1.29 is 38.5 Å². The van der Waals surface area contributed by atoms with Crippen molar-refractivity contribution in [3.05, 3.63) is 23.5 Å². The fraction of sp³-hybridized carbons (Fsp3) is 0.679. The number of ether oxygens (including phenoxy) is 2. The minimum atomic E-state index is -1.21. The van der Waals surface area contributed by atoms with E-state index in [0.717, 1.165) is 25.3 Å². The number of carbonyl (C=O) groups is 3. The lowest BCUT2D eigenvalue weighted by atomic mass is 9.70. The van der Waals surface area contributed by atoms with Crippen molar-refractivity contribution in [2.24, 2.45) is 16.7 Å². The van der Waals surface area contributed by atoms with E-state index in [2.05, 4.69) is 17.6 Å². The molecular formula is C28H39FN2O7. The van der Waals surface area contributed by atoms with Gasteiger partial charge in [0.1, 0.15) is 5.75 Å².